The normalized spacial score (nSPS) is 11.9. The molecule has 19 heavy (non-hydrogen) atoms. The fraction of sp³-hybridized carbons (Fsp3) is 0.500. The van der Waals surface area contributed by atoms with E-state index >= 15 is 0 Å². The number of methoxy groups -OCH3 is 2. The van der Waals surface area contributed by atoms with Gasteiger partial charge in [-0.2, -0.15) is 0 Å². The maximum absolute atomic E-state index is 11.5. The lowest BCUT2D eigenvalue weighted by Gasteiger charge is -2.13. The third-order valence-electron chi connectivity index (χ3n) is 2.39. The van der Waals surface area contributed by atoms with Crippen LogP contribution in [0, 0.1) is 0 Å². The lowest BCUT2D eigenvalue weighted by Crippen LogP contribution is -2.42. The molecule has 0 fully saturated rings. The van der Waals surface area contributed by atoms with Gasteiger partial charge in [-0.3, -0.25) is 9.59 Å². The van der Waals surface area contributed by atoms with E-state index in [2.05, 4.69) is 10.6 Å². The minimum absolute atomic E-state index is 0.153. The van der Waals surface area contributed by atoms with Crippen LogP contribution in [0.15, 0.2) is 22.8 Å². The van der Waals surface area contributed by atoms with Gasteiger partial charge < -0.3 is 24.5 Å². The largest absolute Gasteiger partial charge is 0.467 e. The maximum atomic E-state index is 11.5. The quantitative estimate of drug-likeness (QED) is 0.531. The predicted octanol–water partition coefficient (Wildman–Crippen LogP) is -0.154. The Kier molecular flexibility index (Phi) is 6.62. The molecule has 0 aliphatic heterocycles. The molecule has 1 atom stereocenters. The highest BCUT2D eigenvalue weighted by Crippen LogP contribution is 2.15. The predicted molar refractivity (Wildman–Crippen MR) is 66.4 cm³/mol. The molecular weight excluding hydrogens is 252 g/mol. The van der Waals surface area contributed by atoms with Crippen LogP contribution in [0.5, 0.6) is 0 Å². The molecule has 106 valence electrons. The highest BCUT2D eigenvalue weighted by molar-refractivity contribution is 6.35. The van der Waals surface area contributed by atoms with E-state index in [1.807, 2.05) is 0 Å². The molecule has 2 N–H and O–H groups in total. The molecule has 0 saturated heterocycles. The van der Waals surface area contributed by atoms with Crippen LogP contribution in [0.25, 0.3) is 0 Å². The van der Waals surface area contributed by atoms with Crippen molar-refractivity contribution in [2.75, 3.05) is 33.9 Å². The molecular formula is C12H18N2O5. The van der Waals surface area contributed by atoms with Crippen LogP contribution < -0.4 is 10.6 Å². The average molecular weight is 270 g/mol. The van der Waals surface area contributed by atoms with E-state index < -0.39 is 17.9 Å². The lowest BCUT2D eigenvalue weighted by molar-refractivity contribution is -0.139. The van der Waals surface area contributed by atoms with Crippen molar-refractivity contribution in [3.05, 3.63) is 24.2 Å². The molecule has 1 aromatic heterocycles. The first-order valence-corrected chi connectivity index (χ1v) is 5.80. The first kappa shape index (κ1) is 15.2. The van der Waals surface area contributed by atoms with Crippen LogP contribution in [0.2, 0.25) is 0 Å². The van der Waals surface area contributed by atoms with Crippen LogP contribution in [0.1, 0.15) is 11.9 Å². The van der Waals surface area contributed by atoms with Gasteiger partial charge >= 0.3 is 11.8 Å². The summed E-state index contributed by atoms with van der Waals surface area (Å²) in [5.74, 6) is -0.835. The highest BCUT2D eigenvalue weighted by atomic mass is 16.5. The van der Waals surface area contributed by atoms with Gasteiger partial charge in [0.2, 0.25) is 0 Å². The van der Waals surface area contributed by atoms with Crippen molar-refractivity contribution in [3.8, 4) is 0 Å². The van der Waals surface area contributed by atoms with E-state index in [0.717, 1.165) is 0 Å². The fourth-order valence-electron chi connectivity index (χ4n) is 1.39. The summed E-state index contributed by atoms with van der Waals surface area (Å²) in [6.45, 7) is 0.793. The molecule has 2 amide bonds. The zero-order valence-electron chi connectivity index (χ0n) is 11.0. The molecule has 0 radical (unpaired) electrons. The topological polar surface area (TPSA) is 89.8 Å². The van der Waals surface area contributed by atoms with E-state index in [1.54, 1.807) is 12.1 Å². The summed E-state index contributed by atoms with van der Waals surface area (Å²) in [7, 11) is 3.01. The van der Waals surface area contributed by atoms with Crippen molar-refractivity contribution < 1.29 is 23.5 Å². The zero-order chi connectivity index (χ0) is 14.1. The van der Waals surface area contributed by atoms with Crippen molar-refractivity contribution in [2.45, 2.75) is 6.10 Å². The summed E-state index contributed by atoms with van der Waals surface area (Å²) >= 11 is 0. The number of carbonyl (C=O) groups excluding carboxylic acids is 2. The maximum Gasteiger partial charge on any atom is 0.309 e. The van der Waals surface area contributed by atoms with Crippen LogP contribution in [-0.2, 0) is 19.1 Å². The van der Waals surface area contributed by atoms with Gasteiger partial charge in [-0.05, 0) is 12.1 Å². The van der Waals surface area contributed by atoms with Crippen molar-refractivity contribution in [1.82, 2.24) is 10.6 Å². The average Bonchev–Trinajstić information content (AvgIpc) is 2.93. The van der Waals surface area contributed by atoms with Gasteiger partial charge in [0, 0.05) is 20.8 Å². The molecule has 0 aromatic carbocycles. The van der Waals surface area contributed by atoms with Crippen molar-refractivity contribution in [3.63, 3.8) is 0 Å². The summed E-state index contributed by atoms with van der Waals surface area (Å²) in [5, 5.41) is 4.89. The summed E-state index contributed by atoms with van der Waals surface area (Å²) in [6, 6.07) is 3.46. The van der Waals surface area contributed by atoms with E-state index in [4.69, 9.17) is 13.9 Å². The van der Waals surface area contributed by atoms with Gasteiger partial charge in [-0.1, -0.05) is 0 Å². The van der Waals surface area contributed by atoms with Crippen LogP contribution in [0.4, 0.5) is 0 Å². The Bertz CT molecular complexity index is 391. The van der Waals surface area contributed by atoms with Crippen molar-refractivity contribution in [2.24, 2.45) is 0 Å². The molecule has 0 aliphatic carbocycles. The standard InChI is InChI=1S/C12H18N2O5/c1-17-7-5-13-11(15)12(16)14-8-10(18-2)9-4-3-6-19-9/h3-4,6,10H,5,7-8H2,1-2H3,(H,13,15)(H,14,16). The summed E-state index contributed by atoms with van der Waals surface area (Å²) < 4.78 is 15.1. The SMILES string of the molecule is COCCNC(=O)C(=O)NCC(OC)c1ccco1. The number of furan rings is 1. The monoisotopic (exact) mass is 270 g/mol. The molecule has 1 aromatic rings. The number of ether oxygens (including phenoxy) is 2. The molecule has 0 spiro atoms. The van der Waals surface area contributed by atoms with Crippen LogP contribution >= 0.6 is 0 Å². The minimum Gasteiger partial charge on any atom is -0.467 e. The number of hydrogen-bond acceptors (Lipinski definition) is 5. The first-order chi connectivity index (χ1) is 9.19. The van der Waals surface area contributed by atoms with Gasteiger partial charge in [0.05, 0.1) is 19.4 Å². The Labute approximate surface area is 111 Å². The number of hydrogen-bond donors (Lipinski definition) is 2. The number of nitrogens with one attached hydrogen (secondary N) is 2. The van der Waals surface area contributed by atoms with E-state index in [1.165, 1.54) is 20.5 Å². The van der Waals surface area contributed by atoms with Crippen LogP contribution in [-0.4, -0.2) is 45.7 Å². The molecule has 0 saturated carbocycles. The second kappa shape index (κ2) is 8.28. The van der Waals surface area contributed by atoms with Gasteiger partial charge in [0.25, 0.3) is 0 Å². The smallest absolute Gasteiger partial charge is 0.309 e. The number of rotatable bonds is 7. The van der Waals surface area contributed by atoms with E-state index in [0.29, 0.717) is 12.4 Å². The highest BCUT2D eigenvalue weighted by Gasteiger charge is 2.18. The lowest BCUT2D eigenvalue weighted by atomic mass is 10.2. The molecule has 1 unspecified atom stereocenters. The Morgan fingerprint density at radius 1 is 1.32 bits per heavy atom. The summed E-state index contributed by atoms with van der Waals surface area (Å²) in [6.07, 6.45) is 1.09. The molecule has 0 aliphatic rings. The number of carbonyl (C=O) groups is 2. The number of amides is 2. The second-order valence-corrected chi connectivity index (χ2v) is 3.70. The van der Waals surface area contributed by atoms with Gasteiger partial charge in [-0.25, -0.2) is 0 Å². The fourth-order valence-corrected chi connectivity index (χ4v) is 1.39. The van der Waals surface area contributed by atoms with E-state index in [-0.39, 0.29) is 13.1 Å². The molecule has 7 heteroatoms. The molecule has 0 bridgehead atoms. The van der Waals surface area contributed by atoms with Gasteiger partial charge in [-0.15, -0.1) is 0 Å². The Hall–Kier alpha value is -1.86. The Morgan fingerprint density at radius 2 is 2.05 bits per heavy atom. The summed E-state index contributed by atoms with van der Waals surface area (Å²) in [5.41, 5.74) is 0. The van der Waals surface area contributed by atoms with Gasteiger partial charge in [0.15, 0.2) is 0 Å². The van der Waals surface area contributed by atoms with E-state index in [9.17, 15) is 9.59 Å². The third-order valence-corrected chi connectivity index (χ3v) is 2.39. The molecule has 1 rings (SSSR count). The van der Waals surface area contributed by atoms with Crippen LogP contribution in [0.3, 0.4) is 0 Å². The zero-order valence-corrected chi connectivity index (χ0v) is 11.0. The second-order valence-electron chi connectivity index (χ2n) is 3.70. The summed E-state index contributed by atoms with van der Waals surface area (Å²) in [4.78, 5) is 22.8. The Morgan fingerprint density at radius 3 is 2.63 bits per heavy atom. The Balaban J connectivity index is 2.34. The van der Waals surface area contributed by atoms with Gasteiger partial charge in [0.1, 0.15) is 11.9 Å². The minimum atomic E-state index is -0.718. The van der Waals surface area contributed by atoms with Crippen molar-refractivity contribution in [1.29, 1.82) is 0 Å². The van der Waals surface area contributed by atoms with Crippen molar-refractivity contribution >= 4 is 11.8 Å². The first-order valence-electron chi connectivity index (χ1n) is 5.80. The third kappa shape index (κ3) is 5.11. The molecule has 1 heterocycles. The molecule has 7 nitrogen and oxygen atoms in total.